The molecule has 2 heterocycles. The molecule has 2 aromatic heterocycles. The fourth-order valence-corrected chi connectivity index (χ4v) is 2.34. The second-order valence-corrected chi connectivity index (χ2v) is 5.33. The van der Waals surface area contributed by atoms with Crippen molar-refractivity contribution in [2.24, 2.45) is 0 Å². The van der Waals surface area contributed by atoms with Crippen LogP contribution in [0.1, 0.15) is 15.9 Å². The van der Waals surface area contributed by atoms with Crippen molar-refractivity contribution in [3.05, 3.63) is 78.4 Å². The molecule has 0 radical (unpaired) electrons. The molecule has 2 N–H and O–H groups in total. The van der Waals surface area contributed by atoms with Crippen molar-refractivity contribution in [3.8, 4) is 0 Å². The molecule has 0 aliphatic heterocycles. The SMILES string of the molecule is O=C(NCCNc1cccnc1)c1cccc(Cn2cccn2)c1. The molecule has 3 aromatic rings. The first-order chi connectivity index (χ1) is 11.8. The van der Waals surface area contributed by atoms with Crippen LogP contribution in [0.15, 0.2) is 67.3 Å². The normalized spacial score (nSPS) is 10.3. The van der Waals surface area contributed by atoms with Gasteiger partial charge >= 0.3 is 0 Å². The average Bonchev–Trinajstić information content (AvgIpc) is 3.13. The van der Waals surface area contributed by atoms with Gasteiger partial charge < -0.3 is 10.6 Å². The zero-order chi connectivity index (χ0) is 16.6. The molecule has 0 spiro atoms. The summed E-state index contributed by atoms with van der Waals surface area (Å²) in [6, 6.07) is 13.3. The number of aromatic nitrogens is 3. The van der Waals surface area contributed by atoms with Gasteiger partial charge in [0, 0.05) is 43.4 Å². The Hall–Kier alpha value is -3.15. The highest BCUT2D eigenvalue weighted by atomic mass is 16.1. The van der Waals surface area contributed by atoms with Gasteiger partial charge in [-0.25, -0.2) is 0 Å². The first-order valence-electron chi connectivity index (χ1n) is 7.80. The zero-order valence-corrected chi connectivity index (χ0v) is 13.2. The van der Waals surface area contributed by atoms with Crippen molar-refractivity contribution in [2.75, 3.05) is 18.4 Å². The van der Waals surface area contributed by atoms with E-state index in [1.807, 2.05) is 53.3 Å². The van der Waals surface area contributed by atoms with Crippen LogP contribution in [0.2, 0.25) is 0 Å². The number of carbonyl (C=O) groups is 1. The van der Waals surface area contributed by atoms with Gasteiger partial charge in [-0.1, -0.05) is 12.1 Å². The number of amides is 1. The Balaban J connectivity index is 1.49. The third-order valence-electron chi connectivity index (χ3n) is 3.49. The van der Waals surface area contributed by atoms with Gasteiger partial charge in [0.15, 0.2) is 0 Å². The summed E-state index contributed by atoms with van der Waals surface area (Å²) in [4.78, 5) is 16.3. The lowest BCUT2D eigenvalue weighted by atomic mass is 10.1. The van der Waals surface area contributed by atoms with E-state index in [-0.39, 0.29) is 5.91 Å². The lowest BCUT2D eigenvalue weighted by molar-refractivity contribution is 0.0955. The second kappa shape index (κ2) is 7.92. The Kier molecular flexibility index (Phi) is 5.19. The summed E-state index contributed by atoms with van der Waals surface area (Å²) in [6.45, 7) is 1.83. The van der Waals surface area contributed by atoms with Crippen LogP contribution in [-0.4, -0.2) is 33.8 Å². The number of carbonyl (C=O) groups excluding carboxylic acids is 1. The van der Waals surface area contributed by atoms with E-state index in [9.17, 15) is 4.79 Å². The van der Waals surface area contributed by atoms with E-state index in [0.29, 0.717) is 25.2 Å². The summed E-state index contributed by atoms with van der Waals surface area (Å²) in [6.07, 6.45) is 7.12. The second-order valence-electron chi connectivity index (χ2n) is 5.33. The lowest BCUT2D eigenvalue weighted by Crippen LogP contribution is -2.28. The number of nitrogens with zero attached hydrogens (tertiary/aromatic N) is 3. The van der Waals surface area contributed by atoms with Crippen LogP contribution in [-0.2, 0) is 6.54 Å². The first-order valence-corrected chi connectivity index (χ1v) is 7.80. The molecule has 122 valence electrons. The van der Waals surface area contributed by atoms with Crippen LogP contribution < -0.4 is 10.6 Å². The van der Waals surface area contributed by atoms with Gasteiger partial charge in [-0.3, -0.25) is 14.5 Å². The maximum Gasteiger partial charge on any atom is 0.251 e. The third-order valence-corrected chi connectivity index (χ3v) is 3.49. The molecule has 0 bridgehead atoms. The minimum Gasteiger partial charge on any atom is -0.382 e. The Morgan fingerprint density at radius 3 is 2.83 bits per heavy atom. The third kappa shape index (κ3) is 4.42. The Bertz CT molecular complexity index is 771. The number of nitrogens with one attached hydrogen (secondary N) is 2. The van der Waals surface area contributed by atoms with Crippen molar-refractivity contribution in [2.45, 2.75) is 6.54 Å². The highest BCUT2D eigenvalue weighted by molar-refractivity contribution is 5.94. The molecule has 6 heteroatoms. The van der Waals surface area contributed by atoms with E-state index in [4.69, 9.17) is 0 Å². The molecule has 0 aliphatic rings. The summed E-state index contributed by atoms with van der Waals surface area (Å²) in [7, 11) is 0. The number of benzene rings is 1. The minimum atomic E-state index is -0.0784. The van der Waals surface area contributed by atoms with Crippen LogP contribution in [0.4, 0.5) is 5.69 Å². The highest BCUT2D eigenvalue weighted by Gasteiger charge is 2.06. The van der Waals surface area contributed by atoms with Gasteiger partial charge in [0.2, 0.25) is 0 Å². The van der Waals surface area contributed by atoms with E-state index in [1.165, 1.54) is 0 Å². The molecule has 0 unspecified atom stereocenters. The number of hydrogen-bond acceptors (Lipinski definition) is 4. The van der Waals surface area contributed by atoms with Crippen molar-refractivity contribution >= 4 is 11.6 Å². The zero-order valence-electron chi connectivity index (χ0n) is 13.2. The maximum atomic E-state index is 12.2. The van der Waals surface area contributed by atoms with Crippen molar-refractivity contribution in [3.63, 3.8) is 0 Å². The molecular formula is C18H19N5O. The number of rotatable bonds is 7. The molecule has 0 fully saturated rings. The van der Waals surface area contributed by atoms with Crippen molar-refractivity contribution < 1.29 is 4.79 Å². The molecule has 0 saturated carbocycles. The van der Waals surface area contributed by atoms with Crippen molar-refractivity contribution in [1.82, 2.24) is 20.1 Å². The quantitative estimate of drug-likeness (QED) is 0.654. The molecule has 24 heavy (non-hydrogen) atoms. The van der Waals surface area contributed by atoms with E-state index in [2.05, 4.69) is 20.7 Å². The van der Waals surface area contributed by atoms with Gasteiger partial charge in [0.25, 0.3) is 5.91 Å². The Morgan fingerprint density at radius 2 is 2.04 bits per heavy atom. The summed E-state index contributed by atoms with van der Waals surface area (Å²) >= 11 is 0. The highest BCUT2D eigenvalue weighted by Crippen LogP contribution is 2.07. The van der Waals surface area contributed by atoms with Crippen LogP contribution in [0, 0.1) is 0 Å². The molecule has 6 nitrogen and oxygen atoms in total. The molecule has 0 atom stereocenters. The summed E-state index contributed by atoms with van der Waals surface area (Å²) in [5, 5.41) is 10.3. The van der Waals surface area contributed by atoms with E-state index in [0.717, 1.165) is 11.3 Å². The molecule has 3 rings (SSSR count). The van der Waals surface area contributed by atoms with Crippen LogP contribution in [0.5, 0.6) is 0 Å². The largest absolute Gasteiger partial charge is 0.382 e. The summed E-state index contributed by atoms with van der Waals surface area (Å²) in [5.41, 5.74) is 2.63. The van der Waals surface area contributed by atoms with Crippen molar-refractivity contribution in [1.29, 1.82) is 0 Å². The van der Waals surface area contributed by atoms with Gasteiger partial charge in [0.05, 0.1) is 12.2 Å². The summed E-state index contributed by atoms with van der Waals surface area (Å²) < 4.78 is 1.83. The number of pyridine rings is 1. The lowest BCUT2D eigenvalue weighted by Gasteiger charge is -2.09. The molecule has 0 saturated heterocycles. The van der Waals surface area contributed by atoms with E-state index >= 15 is 0 Å². The predicted molar refractivity (Wildman–Crippen MR) is 92.8 cm³/mol. The standard InChI is InChI=1S/C18H19N5O/c24-18(21-10-9-20-17-6-2-7-19-13-17)16-5-1-4-15(12-16)14-23-11-3-8-22-23/h1-8,11-13,20H,9-10,14H2,(H,21,24). The molecular weight excluding hydrogens is 302 g/mol. The monoisotopic (exact) mass is 321 g/mol. The Morgan fingerprint density at radius 1 is 1.08 bits per heavy atom. The topological polar surface area (TPSA) is 71.8 Å². The molecule has 0 aliphatic carbocycles. The van der Waals surface area contributed by atoms with E-state index < -0.39 is 0 Å². The Labute approximate surface area is 140 Å². The molecule has 1 amide bonds. The van der Waals surface area contributed by atoms with E-state index in [1.54, 1.807) is 18.6 Å². The van der Waals surface area contributed by atoms with Crippen LogP contribution in [0.25, 0.3) is 0 Å². The van der Waals surface area contributed by atoms with Gasteiger partial charge in [-0.2, -0.15) is 5.10 Å². The first kappa shape index (κ1) is 15.7. The van der Waals surface area contributed by atoms with Crippen LogP contribution in [0.3, 0.4) is 0 Å². The van der Waals surface area contributed by atoms with Gasteiger partial charge in [0.1, 0.15) is 0 Å². The molecule has 1 aromatic carbocycles. The van der Waals surface area contributed by atoms with Gasteiger partial charge in [-0.05, 0) is 35.9 Å². The smallest absolute Gasteiger partial charge is 0.251 e. The predicted octanol–water partition coefficient (Wildman–Crippen LogP) is 2.17. The number of anilines is 1. The van der Waals surface area contributed by atoms with Crippen LogP contribution >= 0.6 is 0 Å². The fraction of sp³-hybridized carbons (Fsp3) is 0.167. The summed E-state index contributed by atoms with van der Waals surface area (Å²) in [5.74, 6) is -0.0784. The average molecular weight is 321 g/mol. The van der Waals surface area contributed by atoms with Gasteiger partial charge in [-0.15, -0.1) is 0 Å². The maximum absolute atomic E-state index is 12.2. The minimum absolute atomic E-state index is 0.0784. The fourth-order valence-electron chi connectivity index (χ4n) is 2.34. The number of hydrogen-bond donors (Lipinski definition) is 2.